The molecule has 1 heterocycles. The molecule has 3 nitrogen and oxygen atoms in total. The summed E-state index contributed by atoms with van der Waals surface area (Å²) in [7, 11) is 0. The van der Waals surface area contributed by atoms with Gasteiger partial charge in [0.25, 0.3) is 0 Å². The third-order valence-electron chi connectivity index (χ3n) is 5.39. The molecule has 0 radical (unpaired) electrons. The Labute approximate surface area is 190 Å². The molecule has 0 saturated heterocycles. The molecule has 5 rings (SSSR count). The zero-order chi connectivity index (χ0) is 21.4. The van der Waals surface area contributed by atoms with E-state index in [4.69, 9.17) is 28.2 Å². The molecule has 1 atom stereocenters. The molecule has 0 unspecified atom stereocenters. The van der Waals surface area contributed by atoms with Crippen molar-refractivity contribution in [3.63, 3.8) is 0 Å². The number of aliphatic imine (C=N–C) groups is 1. The Morgan fingerprint density at radius 3 is 2.00 bits per heavy atom. The zero-order valence-corrected chi connectivity index (χ0v) is 17.9. The molecule has 0 spiro atoms. The molecule has 0 bridgehead atoms. The summed E-state index contributed by atoms with van der Waals surface area (Å²) < 4.78 is 0. The molecule has 0 saturated carbocycles. The van der Waals surface area contributed by atoms with Crippen LogP contribution in [-0.2, 0) is 5.72 Å². The first kappa shape index (κ1) is 19.8. The van der Waals surface area contributed by atoms with E-state index in [1.165, 1.54) is 0 Å². The first-order valence-corrected chi connectivity index (χ1v) is 10.6. The normalized spacial score (nSPS) is 17.8. The van der Waals surface area contributed by atoms with Gasteiger partial charge in [-0.15, -0.1) is 0 Å². The number of benzene rings is 4. The van der Waals surface area contributed by atoms with E-state index in [-0.39, 0.29) is 0 Å². The lowest BCUT2D eigenvalue weighted by molar-refractivity contribution is 0.0902. The van der Waals surface area contributed by atoms with Crippen LogP contribution >= 0.6 is 23.2 Å². The van der Waals surface area contributed by atoms with Crippen LogP contribution in [0.2, 0.25) is 10.0 Å². The molecule has 152 valence electrons. The van der Waals surface area contributed by atoms with Gasteiger partial charge in [-0.2, -0.15) is 0 Å². The van der Waals surface area contributed by atoms with Gasteiger partial charge in [-0.3, -0.25) is 4.90 Å². The van der Waals surface area contributed by atoms with Crippen LogP contribution in [0.3, 0.4) is 0 Å². The van der Waals surface area contributed by atoms with Crippen molar-refractivity contribution in [3.8, 4) is 0 Å². The fourth-order valence-corrected chi connectivity index (χ4v) is 4.26. The molecule has 0 fully saturated rings. The minimum atomic E-state index is -1.54. The van der Waals surface area contributed by atoms with Crippen LogP contribution in [0.1, 0.15) is 16.7 Å². The summed E-state index contributed by atoms with van der Waals surface area (Å²) in [6.45, 7) is 0. The van der Waals surface area contributed by atoms with E-state index in [0.29, 0.717) is 32.7 Å². The highest BCUT2D eigenvalue weighted by molar-refractivity contribution is 6.31. The molecule has 0 aliphatic carbocycles. The van der Waals surface area contributed by atoms with Crippen molar-refractivity contribution >= 4 is 40.4 Å². The van der Waals surface area contributed by atoms with Crippen molar-refractivity contribution in [1.82, 2.24) is 0 Å². The number of nitrogens with zero attached hydrogens (tertiary/aromatic N) is 2. The standard InChI is InChI=1S/C26H18Cl2N2O/c27-20-11-14-22(15-12-20)30-25(18-7-3-1-4-8-18)29-24-16-13-21(28)17-23(24)26(30,31)19-9-5-2-6-10-19/h1-17,31H/t26-/m1/s1. The average Bonchev–Trinajstić information content (AvgIpc) is 2.81. The van der Waals surface area contributed by atoms with Gasteiger partial charge in [-0.25, -0.2) is 4.99 Å². The summed E-state index contributed by atoms with van der Waals surface area (Å²) in [4.78, 5) is 6.79. The number of halogens is 2. The van der Waals surface area contributed by atoms with Crippen molar-refractivity contribution in [2.75, 3.05) is 4.90 Å². The number of rotatable bonds is 3. The first-order valence-electron chi connectivity index (χ1n) is 9.85. The highest BCUT2D eigenvalue weighted by Crippen LogP contribution is 2.46. The fourth-order valence-electron chi connectivity index (χ4n) is 3.96. The molecule has 1 aliphatic rings. The highest BCUT2D eigenvalue weighted by atomic mass is 35.5. The Balaban J connectivity index is 1.86. The SMILES string of the molecule is O[C@]1(c2ccccc2)c2cc(Cl)ccc2N=C(c2ccccc2)N1c1ccc(Cl)cc1. The Morgan fingerprint density at radius 1 is 0.710 bits per heavy atom. The summed E-state index contributed by atoms with van der Waals surface area (Å²) in [5.74, 6) is 0.629. The smallest absolute Gasteiger partial charge is 0.199 e. The fraction of sp³-hybridized carbons (Fsp3) is 0.0385. The topological polar surface area (TPSA) is 35.8 Å². The summed E-state index contributed by atoms with van der Waals surface area (Å²) in [5, 5.41) is 13.6. The predicted molar refractivity (Wildman–Crippen MR) is 127 cm³/mol. The van der Waals surface area contributed by atoms with Gasteiger partial charge in [-0.05, 0) is 42.5 Å². The van der Waals surface area contributed by atoms with Crippen LogP contribution in [0.5, 0.6) is 0 Å². The monoisotopic (exact) mass is 444 g/mol. The van der Waals surface area contributed by atoms with Crippen LogP contribution in [0.4, 0.5) is 11.4 Å². The zero-order valence-electron chi connectivity index (χ0n) is 16.4. The number of hydrogen-bond donors (Lipinski definition) is 1. The first-order chi connectivity index (χ1) is 15.1. The van der Waals surface area contributed by atoms with Gasteiger partial charge in [0.05, 0.1) is 5.69 Å². The van der Waals surface area contributed by atoms with Crippen LogP contribution in [0.25, 0.3) is 0 Å². The van der Waals surface area contributed by atoms with Gasteiger partial charge in [0.15, 0.2) is 5.72 Å². The lowest BCUT2D eigenvalue weighted by Crippen LogP contribution is -2.53. The second-order valence-electron chi connectivity index (χ2n) is 7.31. The molecule has 0 amide bonds. The van der Waals surface area contributed by atoms with Gasteiger partial charge in [0.1, 0.15) is 5.84 Å². The molecular formula is C26H18Cl2N2O. The average molecular weight is 445 g/mol. The quantitative estimate of drug-likeness (QED) is 0.377. The van der Waals surface area contributed by atoms with Crippen molar-refractivity contribution in [1.29, 1.82) is 0 Å². The minimum absolute atomic E-state index is 0.530. The van der Waals surface area contributed by atoms with Crippen LogP contribution in [0.15, 0.2) is 108 Å². The third kappa shape index (κ3) is 3.41. The van der Waals surface area contributed by atoms with Crippen molar-refractivity contribution in [2.24, 2.45) is 4.99 Å². The minimum Gasteiger partial charge on any atom is -0.363 e. The number of anilines is 1. The number of hydrogen-bond acceptors (Lipinski definition) is 3. The number of aliphatic hydroxyl groups is 1. The van der Waals surface area contributed by atoms with E-state index in [1.54, 1.807) is 24.3 Å². The van der Waals surface area contributed by atoms with Crippen LogP contribution in [0, 0.1) is 0 Å². The molecule has 31 heavy (non-hydrogen) atoms. The maximum absolute atomic E-state index is 12.5. The molecule has 4 aromatic carbocycles. The third-order valence-corrected chi connectivity index (χ3v) is 5.88. The summed E-state index contributed by atoms with van der Waals surface area (Å²) >= 11 is 12.5. The molecule has 0 aromatic heterocycles. The molecule has 1 aliphatic heterocycles. The maximum atomic E-state index is 12.5. The van der Waals surface area contributed by atoms with E-state index in [9.17, 15) is 5.11 Å². The van der Waals surface area contributed by atoms with Crippen molar-refractivity contribution in [2.45, 2.75) is 5.72 Å². The highest BCUT2D eigenvalue weighted by Gasteiger charge is 2.46. The van der Waals surface area contributed by atoms with E-state index < -0.39 is 5.72 Å². The molecule has 4 aromatic rings. The number of fused-ring (bicyclic) bond motifs is 1. The molecule has 5 heteroatoms. The van der Waals surface area contributed by atoms with E-state index >= 15 is 0 Å². The second-order valence-corrected chi connectivity index (χ2v) is 8.19. The molecular weight excluding hydrogens is 427 g/mol. The Morgan fingerprint density at radius 2 is 1.32 bits per heavy atom. The Bertz CT molecular complexity index is 1260. The van der Waals surface area contributed by atoms with Gasteiger partial charge >= 0.3 is 0 Å². The van der Waals surface area contributed by atoms with Crippen molar-refractivity contribution < 1.29 is 5.11 Å². The van der Waals surface area contributed by atoms with Crippen LogP contribution in [-0.4, -0.2) is 10.9 Å². The summed E-state index contributed by atoms with van der Waals surface area (Å²) in [6.07, 6.45) is 0. The lowest BCUT2D eigenvalue weighted by atomic mass is 9.88. The van der Waals surface area contributed by atoms with E-state index in [1.807, 2.05) is 83.8 Å². The summed E-state index contributed by atoms with van der Waals surface area (Å²) in [6, 6.07) is 32.1. The predicted octanol–water partition coefficient (Wildman–Crippen LogP) is 6.79. The second kappa shape index (κ2) is 7.86. The van der Waals surface area contributed by atoms with E-state index in [0.717, 1.165) is 11.3 Å². The van der Waals surface area contributed by atoms with Gasteiger partial charge in [-0.1, -0.05) is 83.9 Å². The lowest BCUT2D eigenvalue weighted by Gasteiger charge is -2.45. The summed E-state index contributed by atoms with van der Waals surface area (Å²) in [5.41, 5.74) is 2.08. The molecule has 1 N–H and O–H groups in total. The Hall–Kier alpha value is -3.11. The maximum Gasteiger partial charge on any atom is 0.199 e. The van der Waals surface area contributed by atoms with Gasteiger partial charge < -0.3 is 5.11 Å². The van der Waals surface area contributed by atoms with Gasteiger partial charge in [0.2, 0.25) is 0 Å². The van der Waals surface area contributed by atoms with Crippen molar-refractivity contribution in [3.05, 3.63) is 130 Å². The largest absolute Gasteiger partial charge is 0.363 e. The van der Waals surface area contributed by atoms with Gasteiger partial charge in [0, 0.05) is 32.4 Å². The van der Waals surface area contributed by atoms with Crippen LogP contribution < -0.4 is 4.90 Å². The number of amidine groups is 1. The van der Waals surface area contributed by atoms with E-state index in [2.05, 4.69) is 0 Å². The Kier molecular flexibility index (Phi) is 5.03.